The number of benzene rings is 1. The predicted molar refractivity (Wildman–Crippen MR) is 80.0 cm³/mol. The fourth-order valence-electron chi connectivity index (χ4n) is 2.76. The fourth-order valence-corrected chi connectivity index (χ4v) is 3.11. The quantitative estimate of drug-likeness (QED) is 0.907. The van der Waals surface area contributed by atoms with Gasteiger partial charge in [-0.1, -0.05) is 35.3 Å². The monoisotopic (exact) mass is 311 g/mol. The van der Waals surface area contributed by atoms with Crippen LogP contribution in [-0.4, -0.2) is 18.2 Å². The standard InChI is InChI=1S/C15H22BrNO/c1-3-12-5-4-8-17(10-12)15-9-13(16)6-7-14(15)11(2)18/h6-7,9,11-12,18H,3-5,8,10H2,1-2H3. The molecule has 1 heterocycles. The van der Waals surface area contributed by atoms with E-state index in [2.05, 4.69) is 33.8 Å². The number of aliphatic hydroxyl groups is 1. The number of anilines is 1. The van der Waals surface area contributed by atoms with Crippen molar-refractivity contribution >= 4 is 21.6 Å². The third-order valence-electron chi connectivity index (χ3n) is 3.88. The molecule has 2 rings (SSSR count). The molecule has 18 heavy (non-hydrogen) atoms. The second kappa shape index (κ2) is 6.07. The van der Waals surface area contributed by atoms with Gasteiger partial charge in [-0.15, -0.1) is 0 Å². The second-order valence-electron chi connectivity index (χ2n) is 5.24. The zero-order valence-corrected chi connectivity index (χ0v) is 12.8. The Morgan fingerprint density at radius 1 is 1.50 bits per heavy atom. The molecular formula is C15H22BrNO. The minimum atomic E-state index is -0.407. The summed E-state index contributed by atoms with van der Waals surface area (Å²) in [7, 11) is 0. The molecule has 100 valence electrons. The Balaban J connectivity index is 2.28. The van der Waals surface area contributed by atoms with Crippen molar-refractivity contribution in [2.75, 3.05) is 18.0 Å². The fraction of sp³-hybridized carbons (Fsp3) is 0.600. The summed E-state index contributed by atoms with van der Waals surface area (Å²) in [6, 6.07) is 6.17. The molecule has 2 atom stereocenters. The summed E-state index contributed by atoms with van der Waals surface area (Å²) in [5.41, 5.74) is 2.23. The molecule has 0 bridgehead atoms. The third kappa shape index (κ3) is 3.07. The SMILES string of the molecule is CCC1CCCN(c2cc(Br)ccc2C(C)O)C1. The molecule has 3 heteroatoms. The molecule has 0 amide bonds. The van der Waals surface area contributed by atoms with Crippen molar-refractivity contribution in [3.05, 3.63) is 28.2 Å². The maximum atomic E-state index is 9.91. The molecule has 2 nitrogen and oxygen atoms in total. The van der Waals surface area contributed by atoms with Crippen LogP contribution in [0.3, 0.4) is 0 Å². The van der Waals surface area contributed by atoms with Crippen LogP contribution in [0, 0.1) is 5.92 Å². The number of halogens is 1. The van der Waals surface area contributed by atoms with E-state index < -0.39 is 6.10 Å². The highest BCUT2D eigenvalue weighted by atomic mass is 79.9. The van der Waals surface area contributed by atoms with E-state index in [-0.39, 0.29) is 0 Å². The normalized spacial score (nSPS) is 22.0. The summed E-state index contributed by atoms with van der Waals surface area (Å²) >= 11 is 3.54. The van der Waals surface area contributed by atoms with E-state index in [1.54, 1.807) is 0 Å². The van der Waals surface area contributed by atoms with Gasteiger partial charge in [0.05, 0.1) is 6.10 Å². The first-order valence-corrected chi connectivity index (χ1v) is 7.63. The number of rotatable bonds is 3. The van der Waals surface area contributed by atoms with E-state index >= 15 is 0 Å². The van der Waals surface area contributed by atoms with E-state index in [9.17, 15) is 5.11 Å². The van der Waals surface area contributed by atoms with Gasteiger partial charge in [-0.25, -0.2) is 0 Å². The summed E-state index contributed by atoms with van der Waals surface area (Å²) in [5, 5.41) is 9.91. The minimum Gasteiger partial charge on any atom is -0.389 e. The molecule has 1 N–H and O–H groups in total. The summed E-state index contributed by atoms with van der Waals surface area (Å²) in [6.07, 6.45) is 3.43. The van der Waals surface area contributed by atoms with Gasteiger partial charge in [-0.3, -0.25) is 0 Å². The maximum absolute atomic E-state index is 9.91. The lowest BCUT2D eigenvalue weighted by atomic mass is 9.94. The van der Waals surface area contributed by atoms with Gasteiger partial charge in [0.1, 0.15) is 0 Å². The van der Waals surface area contributed by atoms with Crippen LogP contribution in [0.1, 0.15) is 44.8 Å². The largest absolute Gasteiger partial charge is 0.389 e. The first-order valence-electron chi connectivity index (χ1n) is 6.84. The Morgan fingerprint density at radius 2 is 2.28 bits per heavy atom. The van der Waals surface area contributed by atoms with Crippen LogP contribution in [0.5, 0.6) is 0 Å². The zero-order valence-electron chi connectivity index (χ0n) is 11.2. The first kappa shape index (κ1) is 13.9. The molecule has 0 saturated carbocycles. The summed E-state index contributed by atoms with van der Waals surface area (Å²) in [5.74, 6) is 0.791. The zero-order chi connectivity index (χ0) is 13.1. The predicted octanol–water partition coefficient (Wildman–Crippen LogP) is 4.13. The number of nitrogens with zero attached hydrogens (tertiary/aromatic N) is 1. The molecule has 1 fully saturated rings. The van der Waals surface area contributed by atoms with E-state index in [1.165, 1.54) is 24.9 Å². The van der Waals surface area contributed by atoms with Gasteiger partial charge in [0.2, 0.25) is 0 Å². The van der Waals surface area contributed by atoms with Crippen molar-refractivity contribution in [1.29, 1.82) is 0 Å². The van der Waals surface area contributed by atoms with E-state index in [4.69, 9.17) is 0 Å². The highest BCUT2D eigenvalue weighted by Gasteiger charge is 2.21. The van der Waals surface area contributed by atoms with Crippen molar-refractivity contribution in [2.45, 2.75) is 39.2 Å². The van der Waals surface area contributed by atoms with Gasteiger partial charge in [0, 0.05) is 28.8 Å². The highest BCUT2D eigenvalue weighted by Crippen LogP contribution is 2.33. The summed E-state index contributed by atoms with van der Waals surface area (Å²) in [4.78, 5) is 2.44. The lowest BCUT2D eigenvalue weighted by Crippen LogP contribution is -2.35. The van der Waals surface area contributed by atoms with Crippen molar-refractivity contribution in [2.24, 2.45) is 5.92 Å². The topological polar surface area (TPSA) is 23.5 Å². The molecule has 1 aromatic rings. The Morgan fingerprint density at radius 3 is 2.94 bits per heavy atom. The first-order chi connectivity index (χ1) is 8.61. The molecule has 1 saturated heterocycles. The van der Waals surface area contributed by atoms with E-state index in [1.807, 2.05) is 19.1 Å². The maximum Gasteiger partial charge on any atom is 0.0782 e. The van der Waals surface area contributed by atoms with Crippen molar-refractivity contribution < 1.29 is 5.11 Å². The Hall–Kier alpha value is -0.540. The van der Waals surface area contributed by atoms with E-state index in [0.717, 1.165) is 29.0 Å². The van der Waals surface area contributed by atoms with Crippen LogP contribution in [0.25, 0.3) is 0 Å². The van der Waals surface area contributed by atoms with Crippen LogP contribution in [-0.2, 0) is 0 Å². The van der Waals surface area contributed by atoms with Gasteiger partial charge in [-0.05, 0) is 37.8 Å². The number of hydrogen-bond acceptors (Lipinski definition) is 2. The molecule has 1 aliphatic heterocycles. The van der Waals surface area contributed by atoms with Crippen LogP contribution in [0.2, 0.25) is 0 Å². The molecule has 1 aliphatic rings. The summed E-state index contributed by atoms with van der Waals surface area (Å²) in [6.45, 7) is 6.33. The summed E-state index contributed by atoms with van der Waals surface area (Å²) < 4.78 is 1.08. The minimum absolute atomic E-state index is 0.407. The van der Waals surface area contributed by atoms with Gasteiger partial charge in [0.25, 0.3) is 0 Å². The van der Waals surface area contributed by atoms with Gasteiger partial charge < -0.3 is 10.0 Å². The lowest BCUT2D eigenvalue weighted by molar-refractivity contribution is 0.199. The molecule has 0 aliphatic carbocycles. The average Bonchev–Trinajstić information content (AvgIpc) is 2.38. The van der Waals surface area contributed by atoms with Crippen LogP contribution in [0.15, 0.2) is 22.7 Å². The Bertz CT molecular complexity index is 405. The average molecular weight is 312 g/mol. The molecule has 1 aromatic carbocycles. The van der Waals surface area contributed by atoms with Crippen LogP contribution in [0.4, 0.5) is 5.69 Å². The number of hydrogen-bond donors (Lipinski definition) is 1. The molecule has 2 unspecified atom stereocenters. The molecule has 0 spiro atoms. The number of piperidine rings is 1. The van der Waals surface area contributed by atoms with Gasteiger partial charge in [-0.2, -0.15) is 0 Å². The Kier molecular flexibility index (Phi) is 4.68. The van der Waals surface area contributed by atoms with Crippen molar-refractivity contribution in [3.63, 3.8) is 0 Å². The second-order valence-corrected chi connectivity index (χ2v) is 6.16. The van der Waals surface area contributed by atoms with Gasteiger partial charge in [0.15, 0.2) is 0 Å². The van der Waals surface area contributed by atoms with Crippen LogP contribution >= 0.6 is 15.9 Å². The Labute approximate surface area is 118 Å². The molecular weight excluding hydrogens is 290 g/mol. The molecule has 0 radical (unpaired) electrons. The van der Waals surface area contributed by atoms with Crippen LogP contribution < -0.4 is 4.90 Å². The third-order valence-corrected chi connectivity index (χ3v) is 4.37. The smallest absolute Gasteiger partial charge is 0.0782 e. The number of aliphatic hydroxyl groups excluding tert-OH is 1. The molecule has 0 aromatic heterocycles. The van der Waals surface area contributed by atoms with E-state index in [0.29, 0.717) is 0 Å². The van der Waals surface area contributed by atoms with Gasteiger partial charge >= 0.3 is 0 Å². The van der Waals surface area contributed by atoms with Crippen molar-refractivity contribution in [3.8, 4) is 0 Å². The highest BCUT2D eigenvalue weighted by molar-refractivity contribution is 9.10. The van der Waals surface area contributed by atoms with Crippen molar-refractivity contribution in [1.82, 2.24) is 0 Å². The lowest BCUT2D eigenvalue weighted by Gasteiger charge is -2.35.